The van der Waals surface area contributed by atoms with Crippen molar-refractivity contribution in [1.29, 1.82) is 0 Å². The largest absolute Gasteiger partial charge is 0.353 e. The van der Waals surface area contributed by atoms with E-state index in [1.807, 2.05) is 0 Å². The van der Waals surface area contributed by atoms with E-state index in [1.165, 1.54) is 11.1 Å². The van der Waals surface area contributed by atoms with Gasteiger partial charge in [0.25, 0.3) is 0 Å². The predicted molar refractivity (Wildman–Crippen MR) is 87.6 cm³/mol. The highest BCUT2D eigenvalue weighted by atomic mass is 16.2. The summed E-state index contributed by atoms with van der Waals surface area (Å²) < 4.78 is 0. The van der Waals surface area contributed by atoms with E-state index in [4.69, 9.17) is 0 Å². The molecule has 1 aromatic carbocycles. The second-order valence-electron chi connectivity index (χ2n) is 5.97. The normalized spacial score (nSPS) is 18.2. The van der Waals surface area contributed by atoms with Crippen molar-refractivity contribution in [3.05, 3.63) is 35.4 Å². The van der Waals surface area contributed by atoms with Gasteiger partial charge in [-0.25, -0.2) is 0 Å². The van der Waals surface area contributed by atoms with Gasteiger partial charge in [-0.1, -0.05) is 37.6 Å². The Labute approximate surface area is 132 Å². The summed E-state index contributed by atoms with van der Waals surface area (Å²) in [7, 11) is 0. The van der Waals surface area contributed by atoms with Gasteiger partial charge >= 0.3 is 0 Å². The van der Waals surface area contributed by atoms with E-state index in [-0.39, 0.29) is 17.9 Å². The topological polar surface area (TPSA) is 49.4 Å². The molecule has 1 saturated heterocycles. The number of hydrogen-bond donors (Lipinski definition) is 1. The van der Waals surface area contributed by atoms with Gasteiger partial charge in [-0.3, -0.25) is 9.59 Å². The van der Waals surface area contributed by atoms with Crippen LogP contribution in [0.2, 0.25) is 0 Å². The van der Waals surface area contributed by atoms with E-state index in [0.717, 1.165) is 25.7 Å². The number of rotatable bonds is 6. The molecule has 0 radical (unpaired) electrons. The van der Waals surface area contributed by atoms with Gasteiger partial charge < -0.3 is 10.2 Å². The predicted octanol–water partition coefficient (Wildman–Crippen LogP) is 2.31. The van der Waals surface area contributed by atoms with Crippen LogP contribution in [0.15, 0.2) is 24.3 Å². The number of aryl methyl sites for hydroxylation is 2. The molecular weight excluding hydrogens is 276 g/mol. The zero-order valence-electron chi connectivity index (χ0n) is 13.6. The minimum atomic E-state index is -0.338. The fourth-order valence-corrected chi connectivity index (χ4v) is 2.87. The quantitative estimate of drug-likeness (QED) is 0.876. The maximum absolute atomic E-state index is 12.2. The molecule has 22 heavy (non-hydrogen) atoms. The van der Waals surface area contributed by atoms with E-state index in [1.54, 1.807) is 11.8 Å². The van der Waals surface area contributed by atoms with Crippen LogP contribution in [0.25, 0.3) is 0 Å². The van der Waals surface area contributed by atoms with Gasteiger partial charge in [0, 0.05) is 19.5 Å². The summed E-state index contributed by atoms with van der Waals surface area (Å²) in [5.41, 5.74) is 2.65. The highest BCUT2D eigenvalue weighted by Gasteiger charge is 2.28. The van der Waals surface area contributed by atoms with Crippen LogP contribution in [0.4, 0.5) is 0 Å². The monoisotopic (exact) mass is 302 g/mol. The number of hydrogen-bond acceptors (Lipinski definition) is 2. The summed E-state index contributed by atoms with van der Waals surface area (Å²) in [6, 6.07) is 8.34. The standard InChI is InChI=1S/C18H26N2O2/c1-3-5-15-8-10-16(11-9-15)6-4-7-17(21)20-13-12-19-18(22)14(20)2/h8-11,14H,3-7,12-13H2,1-2H3,(H,19,22). The van der Waals surface area contributed by atoms with Crippen molar-refractivity contribution < 1.29 is 9.59 Å². The molecule has 0 spiro atoms. The third kappa shape index (κ3) is 4.33. The van der Waals surface area contributed by atoms with Gasteiger partial charge in [-0.2, -0.15) is 0 Å². The molecule has 1 atom stereocenters. The number of amides is 2. The molecule has 4 heteroatoms. The van der Waals surface area contributed by atoms with Gasteiger partial charge in [-0.15, -0.1) is 0 Å². The Hall–Kier alpha value is -1.84. The summed E-state index contributed by atoms with van der Waals surface area (Å²) in [5.74, 6) is 0.0380. The van der Waals surface area contributed by atoms with Gasteiger partial charge in [0.2, 0.25) is 11.8 Å². The van der Waals surface area contributed by atoms with Gasteiger partial charge in [0.05, 0.1) is 0 Å². The molecule has 0 aliphatic carbocycles. The van der Waals surface area contributed by atoms with Crippen LogP contribution in [0, 0.1) is 0 Å². The lowest BCUT2D eigenvalue weighted by Gasteiger charge is -2.32. The molecule has 0 bridgehead atoms. The summed E-state index contributed by atoms with van der Waals surface area (Å²) in [6.45, 7) is 5.16. The Morgan fingerprint density at radius 3 is 2.50 bits per heavy atom. The molecule has 2 rings (SSSR count). The minimum Gasteiger partial charge on any atom is -0.353 e. The molecule has 1 aliphatic rings. The molecule has 1 unspecified atom stereocenters. The van der Waals surface area contributed by atoms with E-state index in [2.05, 4.69) is 36.5 Å². The zero-order valence-corrected chi connectivity index (χ0v) is 13.6. The van der Waals surface area contributed by atoms with Crippen LogP contribution in [0.3, 0.4) is 0 Å². The van der Waals surface area contributed by atoms with Crippen LogP contribution < -0.4 is 5.32 Å². The first kappa shape index (κ1) is 16.5. The first-order chi connectivity index (χ1) is 10.6. The van der Waals surface area contributed by atoms with Crippen LogP contribution in [0.1, 0.15) is 44.2 Å². The lowest BCUT2D eigenvalue weighted by atomic mass is 10.0. The molecular formula is C18H26N2O2. The molecule has 1 fully saturated rings. The van der Waals surface area contributed by atoms with Crippen molar-refractivity contribution in [3.63, 3.8) is 0 Å². The fraction of sp³-hybridized carbons (Fsp3) is 0.556. The average Bonchev–Trinajstić information content (AvgIpc) is 2.52. The van der Waals surface area contributed by atoms with E-state index >= 15 is 0 Å². The summed E-state index contributed by atoms with van der Waals surface area (Å²) >= 11 is 0. The Bertz CT molecular complexity index is 510. The molecule has 0 aromatic heterocycles. The maximum atomic E-state index is 12.2. The summed E-state index contributed by atoms with van der Waals surface area (Å²) in [4.78, 5) is 25.5. The third-order valence-electron chi connectivity index (χ3n) is 4.24. The number of carbonyl (C=O) groups is 2. The van der Waals surface area contributed by atoms with Crippen LogP contribution in [-0.2, 0) is 22.4 Å². The van der Waals surface area contributed by atoms with Crippen LogP contribution >= 0.6 is 0 Å². The van der Waals surface area contributed by atoms with Gasteiger partial charge in [-0.05, 0) is 37.3 Å². The molecule has 120 valence electrons. The number of carbonyl (C=O) groups excluding carboxylic acids is 2. The highest BCUT2D eigenvalue weighted by Crippen LogP contribution is 2.12. The number of benzene rings is 1. The molecule has 1 aliphatic heterocycles. The molecule has 2 amide bonds. The first-order valence-corrected chi connectivity index (χ1v) is 8.26. The number of piperazine rings is 1. The minimum absolute atomic E-state index is 0.0499. The Morgan fingerprint density at radius 1 is 1.23 bits per heavy atom. The highest BCUT2D eigenvalue weighted by molar-refractivity contribution is 5.88. The fourth-order valence-electron chi connectivity index (χ4n) is 2.87. The second kappa shape index (κ2) is 7.97. The van der Waals surface area contributed by atoms with Crippen molar-refractivity contribution in [2.24, 2.45) is 0 Å². The number of nitrogens with one attached hydrogen (secondary N) is 1. The maximum Gasteiger partial charge on any atom is 0.242 e. The Morgan fingerprint density at radius 2 is 1.86 bits per heavy atom. The van der Waals surface area contributed by atoms with Gasteiger partial charge in [0.1, 0.15) is 6.04 Å². The average molecular weight is 302 g/mol. The molecule has 1 N–H and O–H groups in total. The van der Waals surface area contributed by atoms with E-state index < -0.39 is 0 Å². The molecule has 1 aromatic rings. The smallest absolute Gasteiger partial charge is 0.242 e. The second-order valence-corrected chi connectivity index (χ2v) is 5.97. The molecule has 0 saturated carbocycles. The third-order valence-corrected chi connectivity index (χ3v) is 4.24. The number of nitrogens with zero attached hydrogens (tertiary/aromatic N) is 1. The summed E-state index contributed by atoms with van der Waals surface area (Å²) in [5, 5.41) is 2.78. The molecule has 4 nitrogen and oxygen atoms in total. The summed E-state index contributed by atoms with van der Waals surface area (Å²) in [6.07, 6.45) is 4.53. The first-order valence-electron chi connectivity index (χ1n) is 8.26. The Kier molecular flexibility index (Phi) is 5.99. The van der Waals surface area contributed by atoms with Crippen molar-refractivity contribution in [2.45, 2.75) is 52.0 Å². The lowest BCUT2D eigenvalue weighted by Crippen LogP contribution is -2.55. The van der Waals surface area contributed by atoms with Crippen molar-refractivity contribution in [3.8, 4) is 0 Å². The SMILES string of the molecule is CCCc1ccc(CCCC(=O)N2CCNC(=O)C2C)cc1. The van der Waals surface area contributed by atoms with E-state index in [0.29, 0.717) is 19.5 Å². The molecule has 1 heterocycles. The van der Waals surface area contributed by atoms with Gasteiger partial charge in [0.15, 0.2) is 0 Å². The lowest BCUT2D eigenvalue weighted by molar-refractivity contribution is -0.142. The van der Waals surface area contributed by atoms with Crippen molar-refractivity contribution in [1.82, 2.24) is 10.2 Å². The van der Waals surface area contributed by atoms with E-state index in [9.17, 15) is 9.59 Å². The van der Waals surface area contributed by atoms with Crippen LogP contribution in [0.5, 0.6) is 0 Å². The van der Waals surface area contributed by atoms with Crippen LogP contribution in [-0.4, -0.2) is 35.8 Å². The van der Waals surface area contributed by atoms with Crippen molar-refractivity contribution >= 4 is 11.8 Å². The van der Waals surface area contributed by atoms with Crippen molar-refractivity contribution in [2.75, 3.05) is 13.1 Å². The zero-order chi connectivity index (χ0) is 15.9. The Balaban J connectivity index is 1.78.